The molecule has 4 heteroatoms. The van der Waals surface area contributed by atoms with Crippen molar-refractivity contribution in [3.05, 3.63) is 30.1 Å². The highest BCUT2D eigenvalue weighted by Gasteiger charge is 2.29. The molecule has 0 aromatic carbocycles. The van der Waals surface area contributed by atoms with Crippen molar-refractivity contribution in [2.24, 2.45) is 11.1 Å². The summed E-state index contributed by atoms with van der Waals surface area (Å²) in [5.41, 5.74) is 6.19. The summed E-state index contributed by atoms with van der Waals surface area (Å²) in [4.78, 5) is 15.8. The van der Waals surface area contributed by atoms with Crippen molar-refractivity contribution in [2.75, 3.05) is 6.54 Å². The molecule has 1 aromatic rings. The Morgan fingerprint density at radius 1 is 1.50 bits per heavy atom. The Hall–Kier alpha value is -1.42. The van der Waals surface area contributed by atoms with Crippen LogP contribution < -0.4 is 11.1 Å². The van der Waals surface area contributed by atoms with Gasteiger partial charge in [-0.05, 0) is 31.0 Å². The molecule has 0 saturated carbocycles. The van der Waals surface area contributed by atoms with Gasteiger partial charge in [0.2, 0.25) is 5.91 Å². The van der Waals surface area contributed by atoms with Crippen molar-refractivity contribution < 1.29 is 4.79 Å². The van der Waals surface area contributed by atoms with Crippen LogP contribution in [0.1, 0.15) is 25.8 Å². The van der Waals surface area contributed by atoms with Gasteiger partial charge >= 0.3 is 0 Å². The number of nitrogens with two attached hydrogens (primary N) is 1. The Balaban J connectivity index is 2.53. The van der Waals surface area contributed by atoms with Crippen molar-refractivity contribution in [1.29, 1.82) is 0 Å². The summed E-state index contributed by atoms with van der Waals surface area (Å²) >= 11 is 0. The third-order valence-electron chi connectivity index (χ3n) is 2.98. The fourth-order valence-corrected chi connectivity index (χ4v) is 1.29. The second-order valence-corrected chi connectivity index (χ2v) is 4.16. The molecule has 1 aromatic heterocycles. The lowest BCUT2D eigenvalue weighted by molar-refractivity contribution is -0.130. The van der Waals surface area contributed by atoms with Crippen LogP contribution in [0.4, 0.5) is 0 Å². The normalized spacial score (nSPS) is 14.2. The molecule has 1 unspecified atom stereocenters. The van der Waals surface area contributed by atoms with E-state index in [-0.39, 0.29) is 5.91 Å². The molecular weight excluding hydrogens is 202 g/mol. The van der Waals surface area contributed by atoms with E-state index in [1.54, 1.807) is 12.4 Å². The molecule has 4 nitrogen and oxygen atoms in total. The summed E-state index contributed by atoms with van der Waals surface area (Å²) < 4.78 is 0. The zero-order valence-electron chi connectivity index (χ0n) is 9.86. The molecule has 1 rings (SSSR count). The number of aromatic nitrogens is 1. The van der Waals surface area contributed by atoms with Gasteiger partial charge in [0.1, 0.15) is 0 Å². The zero-order chi connectivity index (χ0) is 12.0. The third kappa shape index (κ3) is 3.03. The maximum absolute atomic E-state index is 11.9. The van der Waals surface area contributed by atoms with Gasteiger partial charge in [-0.2, -0.15) is 0 Å². The number of pyridine rings is 1. The van der Waals surface area contributed by atoms with Gasteiger partial charge in [0.15, 0.2) is 0 Å². The molecule has 0 fully saturated rings. The Labute approximate surface area is 96.3 Å². The molecule has 16 heavy (non-hydrogen) atoms. The largest absolute Gasteiger partial charge is 0.352 e. The molecule has 1 atom stereocenters. The second kappa shape index (κ2) is 5.61. The van der Waals surface area contributed by atoms with Crippen LogP contribution in [0.15, 0.2) is 24.5 Å². The standard InChI is InChI=1S/C12H19N3O/c1-3-12(2,9-13)11(16)15-8-10-4-6-14-7-5-10/h4-7H,3,8-9,13H2,1-2H3,(H,15,16). The number of nitrogens with zero attached hydrogens (tertiary/aromatic N) is 1. The summed E-state index contributed by atoms with van der Waals surface area (Å²) in [6, 6.07) is 3.76. The first kappa shape index (κ1) is 12.6. The highest BCUT2D eigenvalue weighted by atomic mass is 16.2. The van der Waals surface area contributed by atoms with E-state index in [2.05, 4.69) is 10.3 Å². The molecule has 0 radical (unpaired) electrons. The molecular formula is C12H19N3O. The fourth-order valence-electron chi connectivity index (χ4n) is 1.29. The maximum Gasteiger partial charge on any atom is 0.227 e. The van der Waals surface area contributed by atoms with Gasteiger partial charge in [0, 0.05) is 25.5 Å². The molecule has 0 aliphatic carbocycles. The van der Waals surface area contributed by atoms with E-state index in [1.165, 1.54) is 0 Å². The topological polar surface area (TPSA) is 68.0 Å². The van der Waals surface area contributed by atoms with Crippen LogP contribution in [-0.4, -0.2) is 17.4 Å². The minimum Gasteiger partial charge on any atom is -0.352 e. The smallest absolute Gasteiger partial charge is 0.227 e. The lowest BCUT2D eigenvalue weighted by atomic mass is 9.86. The molecule has 0 bridgehead atoms. The minimum absolute atomic E-state index is 0.00862. The summed E-state index contributed by atoms with van der Waals surface area (Å²) in [5, 5.41) is 2.89. The number of rotatable bonds is 5. The summed E-state index contributed by atoms with van der Waals surface area (Å²) in [5.74, 6) is 0.00862. The van der Waals surface area contributed by atoms with Crippen LogP contribution in [0, 0.1) is 5.41 Å². The Morgan fingerprint density at radius 2 is 2.12 bits per heavy atom. The average molecular weight is 221 g/mol. The minimum atomic E-state index is -0.465. The van der Waals surface area contributed by atoms with Crippen LogP contribution in [0.2, 0.25) is 0 Å². The van der Waals surface area contributed by atoms with Crippen molar-refractivity contribution in [2.45, 2.75) is 26.8 Å². The van der Waals surface area contributed by atoms with E-state index in [0.717, 1.165) is 12.0 Å². The Kier molecular flexibility index (Phi) is 4.43. The molecule has 0 aliphatic rings. The second-order valence-electron chi connectivity index (χ2n) is 4.16. The number of hydrogen-bond donors (Lipinski definition) is 2. The van der Waals surface area contributed by atoms with Crippen molar-refractivity contribution in [3.63, 3.8) is 0 Å². The zero-order valence-corrected chi connectivity index (χ0v) is 9.86. The highest BCUT2D eigenvalue weighted by Crippen LogP contribution is 2.19. The molecule has 1 heterocycles. The number of nitrogens with one attached hydrogen (secondary N) is 1. The summed E-state index contributed by atoms with van der Waals surface area (Å²) in [7, 11) is 0. The molecule has 88 valence electrons. The van der Waals surface area contributed by atoms with Crippen LogP contribution >= 0.6 is 0 Å². The SMILES string of the molecule is CCC(C)(CN)C(=O)NCc1ccncc1. The van der Waals surface area contributed by atoms with E-state index >= 15 is 0 Å². The number of carbonyl (C=O) groups is 1. The van der Waals surface area contributed by atoms with Crippen LogP contribution in [0.5, 0.6) is 0 Å². The van der Waals surface area contributed by atoms with Crippen LogP contribution in [-0.2, 0) is 11.3 Å². The third-order valence-corrected chi connectivity index (χ3v) is 2.98. The van der Waals surface area contributed by atoms with Crippen LogP contribution in [0.3, 0.4) is 0 Å². The van der Waals surface area contributed by atoms with Crippen LogP contribution in [0.25, 0.3) is 0 Å². The first-order chi connectivity index (χ1) is 7.62. The highest BCUT2D eigenvalue weighted by molar-refractivity contribution is 5.82. The summed E-state index contributed by atoms with van der Waals surface area (Å²) in [6.07, 6.45) is 4.17. The quantitative estimate of drug-likeness (QED) is 0.781. The Morgan fingerprint density at radius 3 is 2.62 bits per heavy atom. The number of carbonyl (C=O) groups excluding carboxylic acids is 1. The van der Waals surface area contributed by atoms with Gasteiger partial charge in [-0.3, -0.25) is 9.78 Å². The molecule has 1 amide bonds. The van der Waals surface area contributed by atoms with Gasteiger partial charge < -0.3 is 11.1 Å². The first-order valence-corrected chi connectivity index (χ1v) is 5.49. The van der Waals surface area contributed by atoms with Gasteiger partial charge in [-0.1, -0.05) is 6.92 Å². The van der Waals surface area contributed by atoms with Crippen molar-refractivity contribution >= 4 is 5.91 Å². The van der Waals surface area contributed by atoms with Gasteiger partial charge in [-0.25, -0.2) is 0 Å². The molecule has 0 aliphatic heterocycles. The van der Waals surface area contributed by atoms with E-state index in [4.69, 9.17) is 5.73 Å². The Bertz CT molecular complexity index is 333. The number of hydrogen-bond acceptors (Lipinski definition) is 3. The van der Waals surface area contributed by atoms with E-state index in [0.29, 0.717) is 13.1 Å². The predicted molar refractivity (Wildman–Crippen MR) is 63.5 cm³/mol. The van der Waals surface area contributed by atoms with Crippen molar-refractivity contribution in [3.8, 4) is 0 Å². The van der Waals surface area contributed by atoms with E-state index < -0.39 is 5.41 Å². The molecule has 0 spiro atoms. The molecule has 3 N–H and O–H groups in total. The lowest BCUT2D eigenvalue weighted by Crippen LogP contribution is -2.43. The monoisotopic (exact) mass is 221 g/mol. The van der Waals surface area contributed by atoms with Gasteiger partial charge in [0.25, 0.3) is 0 Å². The maximum atomic E-state index is 11.9. The molecule has 0 saturated heterocycles. The fraction of sp³-hybridized carbons (Fsp3) is 0.500. The lowest BCUT2D eigenvalue weighted by Gasteiger charge is -2.24. The first-order valence-electron chi connectivity index (χ1n) is 5.49. The van der Waals surface area contributed by atoms with Crippen molar-refractivity contribution in [1.82, 2.24) is 10.3 Å². The average Bonchev–Trinajstić information content (AvgIpc) is 2.36. The number of amides is 1. The summed E-state index contributed by atoms with van der Waals surface area (Å²) in [6.45, 7) is 4.75. The van der Waals surface area contributed by atoms with E-state index in [9.17, 15) is 4.79 Å². The van der Waals surface area contributed by atoms with E-state index in [1.807, 2.05) is 26.0 Å². The van der Waals surface area contributed by atoms with Gasteiger partial charge in [-0.15, -0.1) is 0 Å². The van der Waals surface area contributed by atoms with Gasteiger partial charge in [0.05, 0.1) is 5.41 Å². The predicted octanol–water partition coefficient (Wildman–Crippen LogP) is 1.07.